The molecular weight excluding hydrogens is 309 g/mol. The Balaban J connectivity index is 1.60. The van der Waals surface area contributed by atoms with Crippen LogP contribution >= 0.6 is 0 Å². The van der Waals surface area contributed by atoms with Crippen LogP contribution in [0.25, 0.3) is 0 Å². The molecule has 3 aromatic rings. The van der Waals surface area contributed by atoms with Crippen LogP contribution in [0.15, 0.2) is 60.9 Å². The molecule has 0 radical (unpaired) electrons. The van der Waals surface area contributed by atoms with E-state index in [1.165, 1.54) is 12.1 Å². The summed E-state index contributed by atoms with van der Waals surface area (Å²) in [5, 5.41) is 16.1. The summed E-state index contributed by atoms with van der Waals surface area (Å²) in [6.45, 7) is 0.884. The van der Waals surface area contributed by atoms with Gasteiger partial charge in [0.25, 0.3) is 5.91 Å². The van der Waals surface area contributed by atoms with Gasteiger partial charge in [-0.2, -0.15) is 5.10 Å². The van der Waals surface area contributed by atoms with Crippen LogP contribution in [0.4, 0.5) is 4.39 Å². The molecule has 1 amide bonds. The van der Waals surface area contributed by atoms with Gasteiger partial charge in [-0.05, 0) is 17.7 Å². The molecule has 6 heteroatoms. The van der Waals surface area contributed by atoms with Crippen LogP contribution in [0, 0.1) is 5.82 Å². The van der Waals surface area contributed by atoms with Gasteiger partial charge >= 0.3 is 0 Å². The fraction of sp³-hybridized carbons (Fsp3) is 0.111. The van der Waals surface area contributed by atoms with Crippen molar-refractivity contribution in [1.29, 1.82) is 0 Å². The number of phenols is 1. The summed E-state index contributed by atoms with van der Waals surface area (Å²) < 4.78 is 15.4. The fourth-order valence-corrected chi connectivity index (χ4v) is 2.32. The molecule has 1 aromatic heterocycles. The maximum absolute atomic E-state index is 13.6. The SMILES string of the molecule is O=C(NCc1cnn(Cc2ccccc2)c1)c1ccc(O)cc1F. The normalized spacial score (nSPS) is 10.5. The number of carbonyl (C=O) groups is 1. The van der Waals surface area contributed by atoms with E-state index in [9.17, 15) is 9.18 Å². The fourth-order valence-electron chi connectivity index (χ4n) is 2.32. The first-order valence-corrected chi connectivity index (χ1v) is 7.44. The molecule has 0 unspecified atom stereocenters. The zero-order chi connectivity index (χ0) is 16.9. The average molecular weight is 325 g/mol. The number of hydrogen-bond acceptors (Lipinski definition) is 3. The number of rotatable bonds is 5. The number of nitrogens with zero attached hydrogens (tertiary/aromatic N) is 2. The second kappa shape index (κ2) is 6.95. The van der Waals surface area contributed by atoms with Gasteiger partial charge in [-0.25, -0.2) is 4.39 Å². The van der Waals surface area contributed by atoms with Crippen molar-refractivity contribution in [2.24, 2.45) is 0 Å². The Hall–Kier alpha value is -3.15. The van der Waals surface area contributed by atoms with Gasteiger partial charge in [0, 0.05) is 24.4 Å². The van der Waals surface area contributed by atoms with Crippen LogP contribution < -0.4 is 5.32 Å². The van der Waals surface area contributed by atoms with Gasteiger partial charge in [-0.1, -0.05) is 30.3 Å². The van der Waals surface area contributed by atoms with E-state index >= 15 is 0 Å². The molecule has 1 heterocycles. The monoisotopic (exact) mass is 325 g/mol. The second-order valence-corrected chi connectivity index (χ2v) is 5.38. The van der Waals surface area contributed by atoms with Crippen molar-refractivity contribution >= 4 is 5.91 Å². The minimum Gasteiger partial charge on any atom is -0.508 e. The Morgan fingerprint density at radius 1 is 1.17 bits per heavy atom. The third kappa shape index (κ3) is 3.78. The summed E-state index contributed by atoms with van der Waals surface area (Å²) in [6.07, 6.45) is 3.50. The van der Waals surface area contributed by atoms with E-state index in [1.807, 2.05) is 36.5 Å². The van der Waals surface area contributed by atoms with Crippen molar-refractivity contribution < 1.29 is 14.3 Å². The van der Waals surface area contributed by atoms with Crippen molar-refractivity contribution in [3.63, 3.8) is 0 Å². The van der Waals surface area contributed by atoms with Crippen molar-refractivity contribution in [3.8, 4) is 5.75 Å². The highest BCUT2D eigenvalue weighted by molar-refractivity contribution is 5.94. The molecule has 0 saturated heterocycles. The molecule has 0 atom stereocenters. The van der Waals surface area contributed by atoms with Crippen LogP contribution in [0.2, 0.25) is 0 Å². The molecule has 0 aliphatic rings. The maximum Gasteiger partial charge on any atom is 0.254 e. The van der Waals surface area contributed by atoms with Crippen LogP contribution in [0.5, 0.6) is 5.75 Å². The van der Waals surface area contributed by atoms with E-state index in [1.54, 1.807) is 10.9 Å². The summed E-state index contributed by atoms with van der Waals surface area (Å²) in [4.78, 5) is 12.0. The lowest BCUT2D eigenvalue weighted by Crippen LogP contribution is -2.23. The first-order valence-electron chi connectivity index (χ1n) is 7.44. The van der Waals surface area contributed by atoms with Crippen molar-refractivity contribution in [2.75, 3.05) is 0 Å². The first-order chi connectivity index (χ1) is 11.6. The first kappa shape index (κ1) is 15.7. The largest absolute Gasteiger partial charge is 0.508 e. The Morgan fingerprint density at radius 3 is 2.71 bits per heavy atom. The van der Waals surface area contributed by atoms with E-state index in [4.69, 9.17) is 5.11 Å². The van der Waals surface area contributed by atoms with Gasteiger partial charge in [0.05, 0.1) is 18.3 Å². The van der Waals surface area contributed by atoms with Crippen molar-refractivity contribution in [3.05, 3.63) is 83.4 Å². The molecule has 0 fully saturated rings. The lowest BCUT2D eigenvalue weighted by atomic mass is 10.2. The Labute approximate surface area is 138 Å². The molecule has 3 rings (SSSR count). The summed E-state index contributed by atoms with van der Waals surface area (Å²) in [6, 6.07) is 13.3. The van der Waals surface area contributed by atoms with Crippen LogP contribution in [-0.2, 0) is 13.1 Å². The van der Waals surface area contributed by atoms with E-state index < -0.39 is 11.7 Å². The lowest BCUT2D eigenvalue weighted by molar-refractivity contribution is 0.0947. The lowest BCUT2D eigenvalue weighted by Gasteiger charge is -2.05. The third-order valence-corrected chi connectivity index (χ3v) is 3.52. The molecule has 24 heavy (non-hydrogen) atoms. The molecule has 122 valence electrons. The molecule has 0 aliphatic carbocycles. The topological polar surface area (TPSA) is 67.2 Å². The summed E-state index contributed by atoms with van der Waals surface area (Å²) in [7, 11) is 0. The predicted molar refractivity (Wildman–Crippen MR) is 87.0 cm³/mol. The van der Waals surface area contributed by atoms with E-state index in [2.05, 4.69) is 10.4 Å². The minimum absolute atomic E-state index is 0.107. The summed E-state index contributed by atoms with van der Waals surface area (Å²) in [5.74, 6) is -1.51. The molecular formula is C18H16FN3O2. The van der Waals surface area contributed by atoms with Gasteiger partial charge in [0.2, 0.25) is 0 Å². The molecule has 2 N–H and O–H groups in total. The number of aromatic nitrogens is 2. The number of amides is 1. The molecule has 0 bridgehead atoms. The van der Waals surface area contributed by atoms with Gasteiger partial charge in [0.15, 0.2) is 0 Å². The number of phenolic OH excluding ortho intramolecular Hbond substituents is 1. The Kier molecular flexibility index (Phi) is 4.56. The van der Waals surface area contributed by atoms with Gasteiger partial charge < -0.3 is 10.4 Å². The molecule has 0 saturated carbocycles. The van der Waals surface area contributed by atoms with Crippen LogP contribution in [-0.4, -0.2) is 20.8 Å². The summed E-state index contributed by atoms with van der Waals surface area (Å²) >= 11 is 0. The number of halogens is 1. The molecule has 2 aromatic carbocycles. The highest BCUT2D eigenvalue weighted by Gasteiger charge is 2.12. The maximum atomic E-state index is 13.6. The highest BCUT2D eigenvalue weighted by atomic mass is 19.1. The number of benzene rings is 2. The number of nitrogens with one attached hydrogen (secondary N) is 1. The molecule has 0 spiro atoms. The molecule has 5 nitrogen and oxygen atoms in total. The zero-order valence-corrected chi connectivity index (χ0v) is 12.8. The van der Waals surface area contributed by atoms with E-state index in [0.717, 1.165) is 17.2 Å². The average Bonchev–Trinajstić information content (AvgIpc) is 3.01. The predicted octanol–water partition coefficient (Wildman–Crippen LogP) is 2.71. The molecule has 0 aliphatic heterocycles. The van der Waals surface area contributed by atoms with Gasteiger partial charge in [-0.15, -0.1) is 0 Å². The number of hydrogen-bond donors (Lipinski definition) is 2. The third-order valence-electron chi connectivity index (χ3n) is 3.52. The van der Waals surface area contributed by atoms with Crippen molar-refractivity contribution in [1.82, 2.24) is 15.1 Å². The Bertz CT molecular complexity index is 846. The van der Waals surface area contributed by atoms with Crippen molar-refractivity contribution in [2.45, 2.75) is 13.1 Å². The smallest absolute Gasteiger partial charge is 0.254 e. The van der Waals surface area contributed by atoms with Gasteiger partial charge in [0.1, 0.15) is 11.6 Å². The number of carbonyl (C=O) groups excluding carboxylic acids is 1. The minimum atomic E-state index is -0.757. The number of aromatic hydroxyl groups is 1. The van der Waals surface area contributed by atoms with E-state index in [-0.39, 0.29) is 17.9 Å². The Morgan fingerprint density at radius 2 is 1.96 bits per heavy atom. The van der Waals surface area contributed by atoms with Crippen LogP contribution in [0.3, 0.4) is 0 Å². The standard InChI is InChI=1S/C18H16FN3O2/c19-17-8-15(23)6-7-16(17)18(24)20-9-14-10-21-22(12-14)11-13-4-2-1-3-5-13/h1-8,10,12,23H,9,11H2,(H,20,24). The van der Waals surface area contributed by atoms with Crippen LogP contribution in [0.1, 0.15) is 21.5 Å². The zero-order valence-electron chi connectivity index (χ0n) is 12.8. The van der Waals surface area contributed by atoms with E-state index in [0.29, 0.717) is 6.54 Å². The van der Waals surface area contributed by atoms with Gasteiger partial charge in [-0.3, -0.25) is 9.48 Å². The summed E-state index contributed by atoms with van der Waals surface area (Å²) in [5.41, 5.74) is 1.84. The second-order valence-electron chi connectivity index (χ2n) is 5.38. The quantitative estimate of drug-likeness (QED) is 0.758. The highest BCUT2D eigenvalue weighted by Crippen LogP contribution is 2.15.